The second-order valence-electron chi connectivity index (χ2n) is 3.01. The summed E-state index contributed by atoms with van der Waals surface area (Å²) in [6.45, 7) is 2.86. The molecule has 0 aromatic rings. The summed E-state index contributed by atoms with van der Waals surface area (Å²) in [5, 5.41) is 8.98. The van der Waals surface area contributed by atoms with Gasteiger partial charge in [0, 0.05) is 13.8 Å². The predicted octanol–water partition coefficient (Wildman–Crippen LogP) is -0.427. The van der Waals surface area contributed by atoms with Crippen molar-refractivity contribution in [1.29, 1.82) is 0 Å². The van der Waals surface area contributed by atoms with Crippen LogP contribution in [0.15, 0.2) is 0 Å². The highest BCUT2D eigenvalue weighted by atomic mass is 16.7. The van der Waals surface area contributed by atoms with Gasteiger partial charge in [-0.1, -0.05) is 0 Å². The van der Waals surface area contributed by atoms with Gasteiger partial charge in [-0.05, 0) is 0 Å². The van der Waals surface area contributed by atoms with Gasteiger partial charge in [0.25, 0.3) is 5.79 Å². The van der Waals surface area contributed by atoms with E-state index in [1.807, 2.05) is 0 Å². The van der Waals surface area contributed by atoms with Gasteiger partial charge in [-0.3, -0.25) is 4.79 Å². The maximum absolute atomic E-state index is 10.9. The van der Waals surface area contributed by atoms with E-state index in [1.54, 1.807) is 0 Å². The zero-order chi connectivity index (χ0) is 9.35. The lowest BCUT2D eigenvalue weighted by Crippen LogP contribution is -2.32. The maximum Gasteiger partial charge on any atom is 0.338 e. The molecule has 0 spiro atoms. The van der Waals surface area contributed by atoms with Crippen LogP contribution in [0.5, 0.6) is 0 Å². The summed E-state index contributed by atoms with van der Waals surface area (Å²) in [5.74, 6) is -2.74. The summed E-state index contributed by atoms with van der Waals surface area (Å²) >= 11 is 0. The Morgan fingerprint density at radius 3 is 2.58 bits per heavy atom. The van der Waals surface area contributed by atoms with Crippen LogP contribution in [0.2, 0.25) is 0 Å². The Labute approximate surface area is 69.3 Å². The van der Waals surface area contributed by atoms with Crippen molar-refractivity contribution in [2.75, 3.05) is 0 Å². The van der Waals surface area contributed by atoms with Crippen LogP contribution in [0.4, 0.5) is 0 Å². The van der Waals surface area contributed by atoms with Crippen LogP contribution < -0.4 is 0 Å². The molecule has 68 valence electrons. The van der Waals surface area contributed by atoms with Crippen LogP contribution in [-0.2, 0) is 19.1 Å². The SMILES string of the molecule is CC1(C)OC(=O)CC(O)C(=O)O1. The predicted molar refractivity (Wildman–Crippen MR) is 36.9 cm³/mol. The molecule has 1 aliphatic heterocycles. The van der Waals surface area contributed by atoms with E-state index in [4.69, 9.17) is 9.84 Å². The fourth-order valence-corrected chi connectivity index (χ4v) is 0.888. The van der Waals surface area contributed by atoms with E-state index in [2.05, 4.69) is 4.74 Å². The third-order valence-corrected chi connectivity index (χ3v) is 1.34. The maximum atomic E-state index is 10.9. The summed E-state index contributed by atoms with van der Waals surface area (Å²) in [6.07, 6.45) is -1.75. The van der Waals surface area contributed by atoms with E-state index in [0.29, 0.717) is 0 Å². The molecule has 0 saturated carbocycles. The lowest BCUT2D eigenvalue weighted by atomic mass is 10.3. The van der Waals surface area contributed by atoms with Crippen LogP contribution in [-0.4, -0.2) is 28.9 Å². The highest BCUT2D eigenvalue weighted by Crippen LogP contribution is 2.18. The van der Waals surface area contributed by atoms with Crippen molar-refractivity contribution < 1.29 is 24.2 Å². The van der Waals surface area contributed by atoms with Crippen LogP contribution in [0.25, 0.3) is 0 Å². The zero-order valence-electron chi connectivity index (χ0n) is 6.86. The van der Waals surface area contributed by atoms with Crippen molar-refractivity contribution in [2.24, 2.45) is 0 Å². The van der Waals surface area contributed by atoms with Crippen LogP contribution in [0.3, 0.4) is 0 Å². The molecule has 0 aliphatic carbocycles. The Hall–Kier alpha value is -1.10. The van der Waals surface area contributed by atoms with Crippen molar-refractivity contribution in [3.05, 3.63) is 0 Å². The van der Waals surface area contributed by atoms with Gasteiger partial charge in [-0.15, -0.1) is 0 Å². The number of aliphatic hydroxyl groups is 1. The smallest absolute Gasteiger partial charge is 0.338 e. The number of hydrogen-bond acceptors (Lipinski definition) is 5. The van der Waals surface area contributed by atoms with Gasteiger partial charge in [0.15, 0.2) is 6.10 Å². The highest BCUT2D eigenvalue weighted by molar-refractivity contribution is 5.83. The first-order chi connectivity index (χ1) is 5.41. The summed E-state index contributed by atoms with van der Waals surface area (Å²) in [5.41, 5.74) is 0. The molecule has 1 heterocycles. The molecule has 0 aromatic carbocycles. The molecular formula is C7H10O5. The molecule has 1 N–H and O–H groups in total. The molecule has 1 atom stereocenters. The number of ether oxygens (including phenoxy) is 2. The first kappa shape index (κ1) is 8.99. The van der Waals surface area contributed by atoms with Crippen molar-refractivity contribution in [2.45, 2.75) is 32.2 Å². The molecule has 5 heteroatoms. The number of hydrogen-bond donors (Lipinski definition) is 1. The minimum atomic E-state index is -1.40. The lowest BCUT2D eigenvalue weighted by molar-refractivity contribution is -0.210. The third-order valence-electron chi connectivity index (χ3n) is 1.34. The van der Waals surface area contributed by atoms with Gasteiger partial charge in [-0.2, -0.15) is 0 Å². The number of aliphatic hydroxyl groups excluding tert-OH is 1. The van der Waals surface area contributed by atoms with E-state index in [1.165, 1.54) is 13.8 Å². The summed E-state index contributed by atoms with van der Waals surface area (Å²) in [7, 11) is 0. The molecule has 0 bridgehead atoms. The largest absolute Gasteiger partial charge is 0.423 e. The third kappa shape index (κ3) is 1.94. The van der Waals surface area contributed by atoms with Gasteiger partial charge >= 0.3 is 11.9 Å². The molecule has 1 unspecified atom stereocenters. The summed E-state index contributed by atoms with van der Waals surface area (Å²) in [6, 6.07) is 0. The second-order valence-corrected chi connectivity index (χ2v) is 3.01. The molecule has 5 nitrogen and oxygen atoms in total. The molecule has 1 saturated heterocycles. The zero-order valence-corrected chi connectivity index (χ0v) is 6.86. The first-order valence-electron chi connectivity index (χ1n) is 3.53. The molecule has 0 amide bonds. The minimum absolute atomic E-state index is 0.345. The average Bonchev–Trinajstić information content (AvgIpc) is 1.89. The van der Waals surface area contributed by atoms with Crippen molar-refractivity contribution in [3.63, 3.8) is 0 Å². The molecule has 0 aromatic heterocycles. The van der Waals surface area contributed by atoms with Gasteiger partial charge in [0.2, 0.25) is 0 Å². The number of carbonyl (C=O) groups is 2. The summed E-state index contributed by atoms with van der Waals surface area (Å²) < 4.78 is 9.35. The molecule has 1 aliphatic rings. The van der Waals surface area contributed by atoms with Gasteiger partial charge in [0.1, 0.15) is 0 Å². The Kier molecular flexibility index (Phi) is 2.06. The standard InChI is InChI=1S/C7H10O5/c1-7(2)11-5(9)3-4(8)6(10)12-7/h4,8H,3H2,1-2H3. The van der Waals surface area contributed by atoms with Crippen molar-refractivity contribution in [1.82, 2.24) is 0 Å². The monoisotopic (exact) mass is 174 g/mol. The van der Waals surface area contributed by atoms with Crippen LogP contribution in [0.1, 0.15) is 20.3 Å². The number of carbonyl (C=O) groups excluding carboxylic acids is 2. The van der Waals surface area contributed by atoms with E-state index in [-0.39, 0.29) is 6.42 Å². The fourth-order valence-electron chi connectivity index (χ4n) is 0.888. The molecule has 1 fully saturated rings. The number of rotatable bonds is 0. The molecule has 0 radical (unpaired) electrons. The van der Waals surface area contributed by atoms with Gasteiger partial charge in [-0.25, -0.2) is 4.79 Å². The quantitative estimate of drug-likeness (QED) is 0.504. The Bertz CT molecular complexity index is 220. The molecule has 12 heavy (non-hydrogen) atoms. The fraction of sp³-hybridized carbons (Fsp3) is 0.714. The van der Waals surface area contributed by atoms with Crippen LogP contribution >= 0.6 is 0 Å². The first-order valence-corrected chi connectivity index (χ1v) is 3.53. The topological polar surface area (TPSA) is 72.8 Å². The van der Waals surface area contributed by atoms with Crippen molar-refractivity contribution >= 4 is 11.9 Å². The second kappa shape index (κ2) is 2.75. The van der Waals surface area contributed by atoms with E-state index in [0.717, 1.165) is 0 Å². The van der Waals surface area contributed by atoms with E-state index >= 15 is 0 Å². The van der Waals surface area contributed by atoms with E-state index in [9.17, 15) is 9.59 Å². The Balaban J connectivity index is 2.80. The molecule has 1 rings (SSSR count). The van der Waals surface area contributed by atoms with Crippen LogP contribution in [0, 0.1) is 0 Å². The van der Waals surface area contributed by atoms with Gasteiger partial charge < -0.3 is 14.6 Å². The average molecular weight is 174 g/mol. The number of cyclic esters (lactones) is 2. The summed E-state index contributed by atoms with van der Waals surface area (Å²) in [4.78, 5) is 21.7. The number of esters is 2. The van der Waals surface area contributed by atoms with E-state index < -0.39 is 23.8 Å². The lowest BCUT2D eigenvalue weighted by Gasteiger charge is -2.21. The highest BCUT2D eigenvalue weighted by Gasteiger charge is 2.36. The molecular weight excluding hydrogens is 164 g/mol. The minimum Gasteiger partial charge on any atom is -0.423 e. The Morgan fingerprint density at radius 2 is 2.00 bits per heavy atom. The van der Waals surface area contributed by atoms with Gasteiger partial charge in [0.05, 0.1) is 6.42 Å². The normalized spacial score (nSPS) is 28.8. The van der Waals surface area contributed by atoms with Crippen molar-refractivity contribution in [3.8, 4) is 0 Å². The Morgan fingerprint density at radius 1 is 1.42 bits per heavy atom.